The Bertz CT molecular complexity index is 1120. The minimum absolute atomic E-state index is 0.0263. The van der Waals surface area contributed by atoms with E-state index in [1.807, 2.05) is 59.5 Å². The van der Waals surface area contributed by atoms with Gasteiger partial charge < -0.3 is 4.90 Å². The SMILES string of the molecule is O=C(c1cn(C(c2ccccc2)c2ccccc2)nn1)N1CCCCC1c1ccccn1. The highest BCUT2D eigenvalue weighted by Crippen LogP contribution is 2.31. The fraction of sp³-hybridized carbons (Fsp3) is 0.231. The van der Waals surface area contributed by atoms with Crippen molar-refractivity contribution < 1.29 is 4.79 Å². The van der Waals surface area contributed by atoms with Gasteiger partial charge in [0.2, 0.25) is 0 Å². The Morgan fingerprint density at radius 3 is 2.22 bits per heavy atom. The molecular formula is C26H25N5O. The Morgan fingerprint density at radius 2 is 1.56 bits per heavy atom. The molecule has 0 saturated carbocycles. The van der Waals surface area contributed by atoms with Gasteiger partial charge in [0.15, 0.2) is 5.69 Å². The van der Waals surface area contributed by atoms with Crippen LogP contribution in [-0.4, -0.2) is 37.3 Å². The summed E-state index contributed by atoms with van der Waals surface area (Å²) in [4.78, 5) is 19.9. The van der Waals surface area contributed by atoms with E-state index in [1.165, 1.54) is 0 Å². The van der Waals surface area contributed by atoms with Crippen molar-refractivity contribution in [3.63, 3.8) is 0 Å². The lowest BCUT2D eigenvalue weighted by Gasteiger charge is -2.34. The van der Waals surface area contributed by atoms with E-state index < -0.39 is 0 Å². The molecule has 2 aromatic heterocycles. The number of hydrogen-bond acceptors (Lipinski definition) is 4. The van der Waals surface area contributed by atoms with E-state index >= 15 is 0 Å². The Labute approximate surface area is 187 Å². The summed E-state index contributed by atoms with van der Waals surface area (Å²) in [5, 5.41) is 8.68. The van der Waals surface area contributed by atoms with Gasteiger partial charge in [-0.2, -0.15) is 0 Å². The van der Waals surface area contributed by atoms with E-state index in [2.05, 4.69) is 39.6 Å². The van der Waals surface area contributed by atoms with Crippen LogP contribution in [0.3, 0.4) is 0 Å². The number of aromatic nitrogens is 4. The fourth-order valence-electron chi connectivity index (χ4n) is 4.47. The summed E-state index contributed by atoms with van der Waals surface area (Å²) in [6, 6.07) is 26.0. The van der Waals surface area contributed by atoms with Gasteiger partial charge in [0.25, 0.3) is 5.91 Å². The Kier molecular flexibility index (Phi) is 5.75. The van der Waals surface area contributed by atoms with Crippen molar-refractivity contribution in [2.45, 2.75) is 31.3 Å². The number of carbonyl (C=O) groups is 1. The summed E-state index contributed by atoms with van der Waals surface area (Å²) in [6.07, 6.45) is 6.54. The van der Waals surface area contributed by atoms with Crippen LogP contribution in [0.25, 0.3) is 0 Å². The second-order valence-corrected chi connectivity index (χ2v) is 8.07. The van der Waals surface area contributed by atoms with Crippen LogP contribution in [0, 0.1) is 0 Å². The van der Waals surface area contributed by atoms with Gasteiger partial charge in [-0.3, -0.25) is 9.78 Å². The van der Waals surface area contributed by atoms with Crippen molar-refractivity contribution >= 4 is 5.91 Å². The first kappa shape index (κ1) is 20.1. The predicted molar refractivity (Wildman–Crippen MR) is 122 cm³/mol. The maximum atomic E-state index is 13.5. The Balaban J connectivity index is 1.47. The highest BCUT2D eigenvalue weighted by atomic mass is 16.2. The van der Waals surface area contributed by atoms with Crippen LogP contribution in [0.2, 0.25) is 0 Å². The lowest BCUT2D eigenvalue weighted by molar-refractivity contribution is 0.0600. The summed E-state index contributed by atoms with van der Waals surface area (Å²) in [7, 11) is 0. The molecular weight excluding hydrogens is 398 g/mol. The van der Waals surface area contributed by atoms with E-state index in [0.717, 1.165) is 36.1 Å². The number of carbonyl (C=O) groups excluding carboxylic acids is 1. The molecule has 1 atom stereocenters. The standard InChI is InChI=1S/C26H25N5O/c32-26(30-18-10-8-16-24(30)22-15-7-9-17-27-22)23-19-31(29-28-23)25(20-11-3-1-4-12-20)21-13-5-2-6-14-21/h1-7,9,11-15,17,19,24-25H,8,10,16,18H2. The molecule has 0 bridgehead atoms. The molecule has 6 heteroatoms. The van der Waals surface area contributed by atoms with Gasteiger partial charge in [-0.1, -0.05) is 71.9 Å². The molecule has 5 rings (SSSR count). The highest BCUT2D eigenvalue weighted by molar-refractivity contribution is 5.92. The number of nitrogens with zero attached hydrogens (tertiary/aromatic N) is 5. The average Bonchev–Trinajstić information content (AvgIpc) is 3.35. The summed E-state index contributed by atoms with van der Waals surface area (Å²) in [5.74, 6) is -0.0912. The topological polar surface area (TPSA) is 63.9 Å². The molecule has 6 nitrogen and oxygen atoms in total. The van der Waals surface area contributed by atoms with Crippen LogP contribution in [0.5, 0.6) is 0 Å². The van der Waals surface area contributed by atoms with Crippen LogP contribution in [0.4, 0.5) is 0 Å². The van der Waals surface area contributed by atoms with Crippen LogP contribution in [0.1, 0.15) is 58.7 Å². The van der Waals surface area contributed by atoms with Gasteiger partial charge in [-0.15, -0.1) is 5.10 Å². The molecule has 1 aliphatic heterocycles. The van der Waals surface area contributed by atoms with Crippen molar-refractivity contribution in [1.82, 2.24) is 24.9 Å². The maximum Gasteiger partial charge on any atom is 0.276 e. The number of amides is 1. The Morgan fingerprint density at radius 1 is 0.875 bits per heavy atom. The molecule has 1 saturated heterocycles. The van der Waals surface area contributed by atoms with Gasteiger partial charge in [-0.05, 0) is 42.5 Å². The van der Waals surface area contributed by atoms with Crippen LogP contribution in [0.15, 0.2) is 91.3 Å². The van der Waals surface area contributed by atoms with E-state index in [9.17, 15) is 4.79 Å². The molecule has 3 heterocycles. The molecule has 0 aliphatic carbocycles. The quantitative estimate of drug-likeness (QED) is 0.468. The minimum atomic E-state index is -0.153. The van der Waals surface area contributed by atoms with Crippen molar-refractivity contribution in [2.24, 2.45) is 0 Å². The third-order valence-corrected chi connectivity index (χ3v) is 6.02. The summed E-state index contributed by atoms with van der Waals surface area (Å²) in [6.45, 7) is 0.702. The number of pyridine rings is 1. The van der Waals surface area contributed by atoms with E-state index in [4.69, 9.17) is 0 Å². The number of rotatable bonds is 5. The van der Waals surface area contributed by atoms with E-state index in [1.54, 1.807) is 17.1 Å². The van der Waals surface area contributed by atoms with Crippen LogP contribution < -0.4 is 0 Å². The number of hydrogen-bond donors (Lipinski definition) is 0. The maximum absolute atomic E-state index is 13.5. The third kappa shape index (κ3) is 4.04. The van der Waals surface area contributed by atoms with Crippen molar-refractivity contribution in [3.8, 4) is 0 Å². The van der Waals surface area contributed by atoms with Crippen molar-refractivity contribution in [3.05, 3.63) is 114 Å². The lowest BCUT2D eigenvalue weighted by atomic mass is 9.98. The number of likely N-dealkylation sites (tertiary alicyclic amines) is 1. The molecule has 0 N–H and O–H groups in total. The van der Waals surface area contributed by atoms with Gasteiger partial charge in [0, 0.05) is 12.7 Å². The summed E-state index contributed by atoms with van der Waals surface area (Å²) >= 11 is 0. The number of benzene rings is 2. The highest BCUT2D eigenvalue weighted by Gasteiger charge is 2.31. The zero-order valence-electron chi connectivity index (χ0n) is 17.8. The molecule has 1 aliphatic rings. The first-order chi connectivity index (χ1) is 15.8. The van der Waals surface area contributed by atoms with Crippen molar-refractivity contribution in [2.75, 3.05) is 6.54 Å². The van der Waals surface area contributed by atoms with Crippen molar-refractivity contribution in [1.29, 1.82) is 0 Å². The monoisotopic (exact) mass is 423 g/mol. The first-order valence-electron chi connectivity index (χ1n) is 11.0. The first-order valence-corrected chi connectivity index (χ1v) is 11.0. The van der Waals surface area contributed by atoms with Crippen LogP contribution in [-0.2, 0) is 0 Å². The van der Waals surface area contributed by atoms with E-state index in [-0.39, 0.29) is 18.0 Å². The lowest BCUT2D eigenvalue weighted by Crippen LogP contribution is -2.39. The smallest absolute Gasteiger partial charge is 0.276 e. The third-order valence-electron chi connectivity index (χ3n) is 6.02. The van der Waals surface area contributed by atoms with Gasteiger partial charge >= 0.3 is 0 Å². The fourth-order valence-corrected chi connectivity index (χ4v) is 4.47. The average molecular weight is 424 g/mol. The second-order valence-electron chi connectivity index (χ2n) is 8.07. The largest absolute Gasteiger partial charge is 0.329 e. The van der Waals surface area contributed by atoms with Crippen LogP contribution >= 0.6 is 0 Å². The van der Waals surface area contributed by atoms with Gasteiger partial charge in [0.1, 0.15) is 6.04 Å². The molecule has 1 unspecified atom stereocenters. The molecule has 4 aromatic rings. The molecule has 1 fully saturated rings. The Hall–Kier alpha value is -3.80. The normalized spacial score (nSPS) is 16.3. The minimum Gasteiger partial charge on any atom is -0.329 e. The molecule has 32 heavy (non-hydrogen) atoms. The van der Waals surface area contributed by atoms with E-state index in [0.29, 0.717) is 12.2 Å². The number of piperidine rings is 1. The second kappa shape index (κ2) is 9.14. The van der Waals surface area contributed by atoms with Gasteiger partial charge in [0.05, 0.1) is 17.9 Å². The predicted octanol–water partition coefficient (Wildman–Crippen LogP) is 4.68. The zero-order valence-corrected chi connectivity index (χ0v) is 17.8. The molecule has 2 aromatic carbocycles. The molecule has 0 radical (unpaired) electrons. The van der Waals surface area contributed by atoms with Gasteiger partial charge in [-0.25, -0.2) is 4.68 Å². The molecule has 1 amide bonds. The molecule has 0 spiro atoms. The zero-order chi connectivity index (χ0) is 21.8. The summed E-state index contributed by atoms with van der Waals surface area (Å²) < 4.78 is 1.79. The summed E-state index contributed by atoms with van der Waals surface area (Å²) in [5.41, 5.74) is 3.47. The molecule has 160 valence electrons.